The summed E-state index contributed by atoms with van der Waals surface area (Å²) in [5.41, 5.74) is 2.95. The van der Waals surface area contributed by atoms with E-state index < -0.39 is 8.07 Å². The van der Waals surface area contributed by atoms with Gasteiger partial charge in [-0.25, -0.2) is 0 Å². The molecule has 4 nitrogen and oxygen atoms in total. The van der Waals surface area contributed by atoms with Crippen molar-refractivity contribution in [2.24, 2.45) is 17.3 Å². The van der Waals surface area contributed by atoms with Crippen molar-refractivity contribution in [2.75, 3.05) is 0 Å². The third kappa shape index (κ3) is 7.83. The number of aliphatic hydroxyl groups excluding tert-OH is 1. The summed E-state index contributed by atoms with van der Waals surface area (Å²) in [7, 11) is -1.47. The molecular weight excluding hydrogens is 763 g/mol. The molecule has 0 bridgehead atoms. The van der Waals surface area contributed by atoms with E-state index in [0.717, 1.165) is 65.6 Å². The van der Waals surface area contributed by atoms with Crippen LogP contribution in [0.1, 0.15) is 79.7 Å². The quantitative estimate of drug-likeness (QED) is 0.0660. The minimum atomic E-state index is -1.47. The van der Waals surface area contributed by atoms with E-state index in [1.807, 2.05) is 40.8 Å². The predicted octanol–water partition coefficient (Wildman–Crippen LogP) is 11.0. The number of carbonyl (C=O) groups excluding carboxylic acids is 1. The maximum atomic E-state index is 12.0. The first-order valence-corrected chi connectivity index (χ1v) is 20.3. The van der Waals surface area contributed by atoms with Crippen LogP contribution in [-0.2, 0) is 31.3 Å². The third-order valence-corrected chi connectivity index (χ3v) is 11.6. The van der Waals surface area contributed by atoms with Gasteiger partial charge in [-0.3, -0.25) is 9.78 Å². The van der Waals surface area contributed by atoms with Crippen molar-refractivity contribution in [3.05, 3.63) is 72.1 Å². The Morgan fingerprint density at radius 3 is 2.28 bits per heavy atom. The molecule has 1 radical (unpaired) electrons. The molecular formula is C40H52IrNO3Si-. The van der Waals surface area contributed by atoms with E-state index in [-0.39, 0.29) is 43.0 Å². The molecule has 1 aliphatic rings. The summed E-state index contributed by atoms with van der Waals surface area (Å²) >= 11 is 0. The van der Waals surface area contributed by atoms with Gasteiger partial charge in [0.1, 0.15) is 5.75 Å². The molecule has 1 aliphatic heterocycles. The molecule has 0 aliphatic carbocycles. The molecule has 3 aromatic carbocycles. The Bertz CT molecular complexity index is 1710. The predicted molar refractivity (Wildman–Crippen MR) is 194 cm³/mol. The van der Waals surface area contributed by atoms with Crippen LogP contribution in [0, 0.1) is 23.3 Å². The van der Waals surface area contributed by atoms with E-state index in [1.54, 1.807) is 0 Å². The number of ether oxygens (including phenoxy) is 1. The summed E-state index contributed by atoms with van der Waals surface area (Å²) in [6, 6.07) is 18.8. The van der Waals surface area contributed by atoms with Crippen LogP contribution in [0.4, 0.5) is 0 Å². The first-order chi connectivity index (χ1) is 21.3. The molecule has 0 spiro atoms. The smallest absolute Gasteiger partial charge is 0.164 e. The molecule has 4 aromatic rings. The first-order valence-electron chi connectivity index (χ1n) is 16.8. The van der Waals surface area contributed by atoms with E-state index >= 15 is 0 Å². The number of ketones is 1. The van der Waals surface area contributed by atoms with Gasteiger partial charge in [-0.15, -0.1) is 17.5 Å². The Labute approximate surface area is 291 Å². The van der Waals surface area contributed by atoms with Crippen molar-refractivity contribution in [3.8, 4) is 22.8 Å². The van der Waals surface area contributed by atoms with Gasteiger partial charge < -0.3 is 9.84 Å². The standard InChI is InChI=1S/C26H26NOSi.C14H26O2.Ir/c1-16(2)12-21-20-9-7-6-8-17(20)14-22-25-24-18(10-11-27-25)13-19(29(3,4)5)15-23(24)28-26(21)22;1-6-11(7-2)12(15)10-13(16)14(5,8-3)9-4;/h6-11,13,15-16H,12H2,1-5H3;10-11,15H,6-9H2,1-5H3;/q-1;;/b;12-10-;. The summed E-state index contributed by atoms with van der Waals surface area (Å²) in [6.45, 7) is 21.7. The van der Waals surface area contributed by atoms with E-state index in [4.69, 9.17) is 9.72 Å². The van der Waals surface area contributed by atoms with Crippen molar-refractivity contribution >= 4 is 40.6 Å². The topological polar surface area (TPSA) is 59.4 Å². The SMILES string of the molecule is CC(C)Cc1c2c([c-]c3ccccc13)-c1nccc3cc([Si](C)(C)C)cc(c13)O2.CCC(CC)/C(O)=C/C(=O)C(C)(CC)CC.[Ir]. The van der Waals surface area contributed by atoms with Crippen molar-refractivity contribution in [3.63, 3.8) is 0 Å². The molecule has 6 heteroatoms. The Morgan fingerprint density at radius 2 is 1.70 bits per heavy atom. The second-order valence-electron chi connectivity index (χ2n) is 14.2. The van der Waals surface area contributed by atoms with Crippen LogP contribution < -0.4 is 9.92 Å². The maximum Gasteiger partial charge on any atom is 0.164 e. The number of hydrogen-bond donors (Lipinski definition) is 1. The zero-order valence-corrected chi connectivity index (χ0v) is 32.8. The molecule has 0 amide bonds. The van der Waals surface area contributed by atoms with Crippen molar-refractivity contribution < 1.29 is 34.7 Å². The van der Waals surface area contributed by atoms with Crippen molar-refractivity contribution in [1.82, 2.24) is 4.98 Å². The molecule has 0 fully saturated rings. The Kier molecular flexibility index (Phi) is 12.6. The van der Waals surface area contributed by atoms with E-state index in [2.05, 4.69) is 82.0 Å². The Hall–Kier alpha value is -2.79. The Balaban J connectivity index is 0.000000293. The van der Waals surface area contributed by atoms with Crippen LogP contribution in [0.2, 0.25) is 19.6 Å². The summed E-state index contributed by atoms with van der Waals surface area (Å²) in [6.07, 6.45) is 7.73. The number of pyridine rings is 1. The van der Waals surface area contributed by atoms with Crippen LogP contribution >= 0.6 is 0 Å². The number of nitrogens with zero attached hydrogens (tertiary/aromatic N) is 1. The van der Waals surface area contributed by atoms with Gasteiger partial charge in [0, 0.05) is 54.8 Å². The van der Waals surface area contributed by atoms with Crippen LogP contribution in [0.5, 0.6) is 11.5 Å². The summed E-state index contributed by atoms with van der Waals surface area (Å²) in [5, 5.41) is 16.0. The number of aliphatic hydroxyl groups is 1. The molecule has 249 valence electrons. The molecule has 0 saturated heterocycles. The molecule has 0 atom stereocenters. The molecule has 1 N–H and O–H groups in total. The maximum absolute atomic E-state index is 12.0. The number of carbonyl (C=O) groups is 1. The minimum Gasteiger partial charge on any atom is -0.512 e. The number of benzene rings is 3. The summed E-state index contributed by atoms with van der Waals surface area (Å²) in [4.78, 5) is 16.8. The number of hydrogen-bond acceptors (Lipinski definition) is 4. The van der Waals surface area contributed by atoms with Gasteiger partial charge in [0.2, 0.25) is 0 Å². The number of fused-ring (bicyclic) bond motifs is 3. The summed E-state index contributed by atoms with van der Waals surface area (Å²) in [5.74, 6) is 2.86. The molecule has 0 saturated carbocycles. The molecule has 1 aromatic heterocycles. The third-order valence-electron chi connectivity index (χ3n) is 9.61. The average molecular weight is 815 g/mol. The van der Waals surface area contributed by atoms with Gasteiger partial charge in [-0.05, 0) is 55.5 Å². The van der Waals surface area contributed by atoms with Crippen LogP contribution in [0.25, 0.3) is 32.8 Å². The van der Waals surface area contributed by atoms with Crippen LogP contribution in [-0.4, -0.2) is 23.9 Å². The zero-order chi connectivity index (χ0) is 33.1. The normalized spacial score (nSPS) is 12.8. The van der Waals surface area contributed by atoms with Crippen LogP contribution in [0.3, 0.4) is 0 Å². The minimum absolute atomic E-state index is 0. The molecule has 0 unspecified atom stereocenters. The van der Waals surface area contributed by atoms with Gasteiger partial charge in [-0.1, -0.05) is 114 Å². The van der Waals surface area contributed by atoms with Gasteiger partial charge in [0.05, 0.1) is 19.6 Å². The monoisotopic (exact) mass is 815 g/mol. The van der Waals surface area contributed by atoms with Gasteiger partial charge >= 0.3 is 0 Å². The van der Waals surface area contributed by atoms with Gasteiger partial charge in [0.25, 0.3) is 0 Å². The summed E-state index contributed by atoms with van der Waals surface area (Å²) < 4.78 is 6.68. The fourth-order valence-electron chi connectivity index (χ4n) is 6.03. The molecule has 2 heterocycles. The first kappa shape index (κ1) is 37.7. The second-order valence-corrected chi connectivity index (χ2v) is 19.3. The zero-order valence-electron chi connectivity index (χ0n) is 29.4. The number of allylic oxidation sites excluding steroid dienone is 2. The largest absolute Gasteiger partial charge is 0.512 e. The molecule has 5 rings (SSSR count). The fraction of sp³-hybridized carbons (Fsp3) is 0.450. The van der Waals surface area contributed by atoms with Gasteiger partial charge in [-0.2, -0.15) is 0 Å². The van der Waals surface area contributed by atoms with Crippen molar-refractivity contribution in [2.45, 2.75) is 100 Å². The Morgan fingerprint density at radius 1 is 1.04 bits per heavy atom. The number of rotatable bonds is 10. The van der Waals surface area contributed by atoms with Crippen LogP contribution in [0.15, 0.2) is 60.5 Å². The van der Waals surface area contributed by atoms with E-state index in [1.165, 1.54) is 27.6 Å². The molecule has 46 heavy (non-hydrogen) atoms. The van der Waals surface area contributed by atoms with E-state index in [9.17, 15) is 9.90 Å². The second kappa shape index (κ2) is 15.4. The van der Waals surface area contributed by atoms with E-state index in [0.29, 0.717) is 5.92 Å². The number of aromatic nitrogens is 1. The average Bonchev–Trinajstić information content (AvgIpc) is 3.01. The van der Waals surface area contributed by atoms with Crippen molar-refractivity contribution in [1.29, 1.82) is 0 Å². The van der Waals surface area contributed by atoms with Gasteiger partial charge in [0.15, 0.2) is 5.78 Å². The fourth-order valence-corrected chi connectivity index (χ4v) is 7.19.